The zero-order chi connectivity index (χ0) is 14.1. The summed E-state index contributed by atoms with van der Waals surface area (Å²) in [5.41, 5.74) is 0. The number of thiazole rings is 1. The summed E-state index contributed by atoms with van der Waals surface area (Å²) in [6.07, 6.45) is 5.16. The van der Waals surface area contributed by atoms with E-state index in [4.69, 9.17) is 5.11 Å². The van der Waals surface area contributed by atoms with E-state index in [9.17, 15) is 9.59 Å². The van der Waals surface area contributed by atoms with Crippen molar-refractivity contribution >= 4 is 44.4 Å². The van der Waals surface area contributed by atoms with Gasteiger partial charge in [-0.1, -0.05) is 24.2 Å². The molecule has 0 saturated heterocycles. The molecule has 0 aliphatic heterocycles. The minimum atomic E-state index is -0.757. The summed E-state index contributed by atoms with van der Waals surface area (Å²) in [7, 11) is 0. The van der Waals surface area contributed by atoms with E-state index in [0.717, 1.165) is 23.0 Å². The van der Waals surface area contributed by atoms with Crippen LogP contribution in [0.2, 0.25) is 0 Å². The summed E-state index contributed by atoms with van der Waals surface area (Å²) in [6.45, 7) is 0.575. The lowest BCUT2D eigenvalue weighted by molar-refractivity contribution is -0.137. The van der Waals surface area contributed by atoms with E-state index in [1.165, 1.54) is 11.3 Å². The van der Waals surface area contributed by atoms with Crippen molar-refractivity contribution in [3.05, 3.63) is 9.98 Å². The van der Waals surface area contributed by atoms with E-state index in [0.29, 0.717) is 18.1 Å². The molecule has 2 amide bonds. The van der Waals surface area contributed by atoms with Gasteiger partial charge in [0.05, 0.1) is 9.98 Å². The predicted octanol–water partition coefficient (Wildman–Crippen LogP) is 3.06. The Morgan fingerprint density at radius 1 is 1.32 bits per heavy atom. The maximum absolute atomic E-state index is 11.5. The number of nitrogens with zero attached hydrogens (tertiary/aromatic N) is 1. The van der Waals surface area contributed by atoms with Gasteiger partial charge in [-0.15, -0.1) is 0 Å². The van der Waals surface area contributed by atoms with Crippen LogP contribution in [0.1, 0.15) is 32.1 Å². The van der Waals surface area contributed by atoms with E-state index in [2.05, 4.69) is 31.5 Å². The van der Waals surface area contributed by atoms with Gasteiger partial charge in [-0.05, 0) is 28.8 Å². The first kappa shape index (κ1) is 15.9. The Labute approximate surface area is 123 Å². The van der Waals surface area contributed by atoms with Crippen LogP contribution in [0.15, 0.2) is 9.98 Å². The smallest absolute Gasteiger partial charge is 0.321 e. The van der Waals surface area contributed by atoms with Gasteiger partial charge in [0.15, 0.2) is 5.13 Å². The first-order valence-electron chi connectivity index (χ1n) is 5.96. The van der Waals surface area contributed by atoms with Crippen LogP contribution in [0.4, 0.5) is 9.93 Å². The first-order chi connectivity index (χ1) is 9.08. The molecule has 8 heteroatoms. The van der Waals surface area contributed by atoms with Crippen molar-refractivity contribution in [3.63, 3.8) is 0 Å². The Hall–Kier alpha value is -1.15. The highest BCUT2D eigenvalue weighted by atomic mass is 79.9. The number of carboxylic acids is 1. The SMILES string of the molecule is O=C(O)CCCCCCNC(=O)Nc1ncc(Br)s1. The maximum Gasteiger partial charge on any atom is 0.321 e. The second-order valence-electron chi connectivity index (χ2n) is 3.91. The molecule has 3 N–H and O–H groups in total. The van der Waals surface area contributed by atoms with Crippen LogP contribution in [0.25, 0.3) is 0 Å². The van der Waals surface area contributed by atoms with Gasteiger partial charge in [-0.2, -0.15) is 0 Å². The summed E-state index contributed by atoms with van der Waals surface area (Å²) in [4.78, 5) is 25.7. The van der Waals surface area contributed by atoms with Crippen LogP contribution in [-0.4, -0.2) is 28.6 Å². The molecule has 0 fully saturated rings. The molecule has 0 saturated carbocycles. The lowest BCUT2D eigenvalue weighted by Crippen LogP contribution is -2.29. The summed E-state index contributed by atoms with van der Waals surface area (Å²) in [5.74, 6) is -0.757. The standard InChI is InChI=1S/C11H16BrN3O3S/c12-8-7-14-11(19-8)15-10(18)13-6-4-2-1-3-5-9(16)17/h7H,1-6H2,(H,16,17)(H2,13,14,15,18). The van der Waals surface area contributed by atoms with Crippen LogP contribution in [-0.2, 0) is 4.79 Å². The summed E-state index contributed by atoms with van der Waals surface area (Å²) < 4.78 is 0.862. The van der Waals surface area contributed by atoms with Crippen LogP contribution >= 0.6 is 27.3 Å². The topological polar surface area (TPSA) is 91.3 Å². The van der Waals surface area contributed by atoms with Gasteiger partial charge >= 0.3 is 12.0 Å². The second-order valence-corrected chi connectivity index (χ2v) is 6.32. The third kappa shape index (κ3) is 7.78. The highest BCUT2D eigenvalue weighted by Crippen LogP contribution is 2.22. The second kappa shape index (κ2) is 8.87. The zero-order valence-electron chi connectivity index (χ0n) is 10.3. The molecule has 6 nitrogen and oxygen atoms in total. The summed E-state index contributed by atoms with van der Waals surface area (Å²) in [5, 5.41) is 14.4. The molecule has 0 aliphatic rings. The van der Waals surface area contributed by atoms with Crippen LogP contribution < -0.4 is 10.6 Å². The van der Waals surface area contributed by atoms with Gasteiger partial charge in [0.2, 0.25) is 0 Å². The average Bonchev–Trinajstić information content (AvgIpc) is 2.73. The number of rotatable bonds is 8. The van der Waals surface area contributed by atoms with Crippen molar-refractivity contribution in [1.29, 1.82) is 0 Å². The van der Waals surface area contributed by atoms with Crippen LogP contribution in [0.3, 0.4) is 0 Å². The molecule has 1 aromatic rings. The van der Waals surface area contributed by atoms with E-state index in [1.54, 1.807) is 6.20 Å². The number of carbonyl (C=O) groups is 2. The molecule has 0 atom stereocenters. The molecule has 1 rings (SSSR count). The minimum Gasteiger partial charge on any atom is -0.481 e. The van der Waals surface area contributed by atoms with E-state index < -0.39 is 5.97 Å². The molecule has 1 aromatic heterocycles. The van der Waals surface area contributed by atoms with Gasteiger partial charge in [-0.25, -0.2) is 9.78 Å². The van der Waals surface area contributed by atoms with Gasteiger partial charge in [-0.3, -0.25) is 10.1 Å². The highest BCUT2D eigenvalue weighted by Gasteiger charge is 2.04. The average molecular weight is 350 g/mol. The largest absolute Gasteiger partial charge is 0.481 e. The van der Waals surface area contributed by atoms with Crippen molar-refractivity contribution in [2.24, 2.45) is 0 Å². The van der Waals surface area contributed by atoms with Gasteiger partial charge in [0.1, 0.15) is 0 Å². The molecule has 0 aromatic carbocycles. The molecule has 0 radical (unpaired) electrons. The fourth-order valence-electron chi connectivity index (χ4n) is 1.41. The number of hydrogen-bond donors (Lipinski definition) is 3. The van der Waals surface area contributed by atoms with Crippen molar-refractivity contribution in [3.8, 4) is 0 Å². The summed E-state index contributed by atoms with van der Waals surface area (Å²) >= 11 is 4.61. The van der Waals surface area contributed by atoms with Gasteiger partial charge < -0.3 is 10.4 Å². The lowest BCUT2D eigenvalue weighted by atomic mass is 10.1. The third-order valence-corrected chi connectivity index (χ3v) is 3.69. The van der Waals surface area contributed by atoms with Crippen molar-refractivity contribution < 1.29 is 14.7 Å². The number of aliphatic carboxylic acids is 1. The number of carboxylic acid groups (broad SMARTS) is 1. The zero-order valence-corrected chi connectivity index (χ0v) is 12.7. The number of carbonyl (C=O) groups excluding carboxylic acids is 1. The normalized spacial score (nSPS) is 10.2. The number of urea groups is 1. The molecular formula is C11H16BrN3O3S. The van der Waals surface area contributed by atoms with Crippen molar-refractivity contribution in [2.45, 2.75) is 32.1 Å². The van der Waals surface area contributed by atoms with Crippen LogP contribution in [0.5, 0.6) is 0 Å². The number of anilines is 1. The fraction of sp³-hybridized carbons (Fsp3) is 0.545. The van der Waals surface area contributed by atoms with Crippen molar-refractivity contribution in [1.82, 2.24) is 10.3 Å². The number of aromatic nitrogens is 1. The van der Waals surface area contributed by atoms with E-state index in [-0.39, 0.29) is 12.5 Å². The van der Waals surface area contributed by atoms with E-state index >= 15 is 0 Å². The van der Waals surface area contributed by atoms with Crippen LogP contribution in [0, 0.1) is 0 Å². The lowest BCUT2D eigenvalue weighted by Gasteiger charge is -2.04. The fourth-order valence-corrected chi connectivity index (χ4v) is 2.51. The molecule has 19 heavy (non-hydrogen) atoms. The number of hydrogen-bond acceptors (Lipinski definition) is 4. The molecule has 106 valence electrons. The Kier molecular flexibility index (Phi) is 7.42. The summed E-state index contributed by atoms with van der Waals surface area (Å²) in [6, 6.07) is -0.271. The number of amides is 2. The molecule has 0 aliphatic carbocycles. The van der Waals surface area contributed by atoms with Gasteiger partial charge in [0, 0.05) is 13.0 Å². The monoisotopic (exact) mass is 349 g/mol. The third-order valence-electron chi connectivity index (χ3n) is 2.30. The Bertz CT molecular complexity index is 425. The Balaban J connectivity index is 2.00. The molecule has 1 heterocycles. The van der Waals surface area contributed by atoms with Crippen molar-refractivity contribution in [2.75, 3.05) is 11.9 Å². The molecule has 0 unspecified atom stereocenters. The first-order valence-corrected chi connectivity index (χ1v) is 7.57. The molecule has 0 spiro atoms. The quantitative estimate of drug-likeness (QED) is 0.629. The van der Waals surface area contributed by atoms with Gasteiger partial charge in [0.25, 0.3) is 0 Å². The molecular weight excluding hydrogens is 334 g/mol. The Morgan fingerprint density at radius 2 is 2.05 bits per heavy atom. The predicted molar refractivity (Wildman–Crippen MR) is 77.6 cm³/mol. The number of unbranched alkanes of at least 4 members (excludes halogenated alkanes) is 3. The number of halogens is 1. The minimum absolute atomic E-state index is 0.215. The number of nitrogens with one attached hydrogen (secondary N) is 2. The highest BCUT2D eigenvalue weighted by molar-refractivity contribution is 9.11. The maximum atomic E-state index is 11.5. The van der Waals surface area contributed by atoms with E-state index in [1.807, 2.05) is 0 Å². The Morgan fingerprint density at radius 3 is 2.68 bits per heavy atom. The molecule has 0 bridgehead atoms.